The lowest BCUT2D eigenvalue weighted by atomic mass is 9.91. The lowest BCUT2D eigenvalue weighted by Crippen LogP contribution is -2.09. The Labute approximate surface area is 170 Å². The Hall–Kier alpha value is -3.84. The minimum Gasteiger partial charge on any atom is -0.399 e. The largest absolute Gasteiger partial charge is 0.399 e. The van der Waals surface area contributed by atoms with Gasteiger partial charge in [0.1, 0.15) is 0 Å². The van der Waals surface area contributed by atoms with Gasteiger partial charge < -0.3 is 5.73 Å². The van der Waals surface area contributed by atoms with Gasteiger partial charge in [0.15, 0.2) is 0 Å². The molecule has 142 valence electrons. The van der Waals surface area contributed by atoms with Crippen LogP contribution in [0.3, 0.4) is 0 Å². The molecule has 1 aliphatic carbocycles. The number of benzene rings is 2. The summed E-state index contributed by atoms with van der Waals surface area (Å²) in [5, 5.41) is 0. The van der Waals surface area contributed by atoms with Crippen LogP contribution < -0.4 is 5.73 Å². The maximum atomic E-state index is 11.3. The number of hydrogen-bond acceptors (Lipinski definition) is 3. The van der Waals surface area contributed by atoms with Crippen molar-refractivity contribution < 1.29 is 17.5 Å². The van der Waals surface area contributed by atoms with Crippen molar-refractivity contribution in [3.8, 4) is 24.9 Å². The summed E-state index contributed by atoms with van der Waals surface area (Å²) < 4.78 is 33.2. The van der Waals surface area contributed by atoms with Gasteiger partial charge in [0.05, 0.1) is 4.90 Å². The molecule has 5 nitrogen and oxygen atoms in total. The fourth-order valence-electron chi connectivity index (χ4n) is 2.91. The Morgan fingerprint density at radius 3 is 1.79 bits per heavy atom. The van der Waals surface area contributed by atoms with E-state index in [4.69, 9.17) is 18.6 Å². The van der Waals surface area contributed by atoms with Gasteiger partial charge in [-0.2, -0.15) is 8.42 Å². The van der Waals surface area contributed by atoms with Gasteiger partial charge in [-0.1, -0.05) is 28.8 Å². The highest BCUT2D eigenvalue weighted by atomic mass is 32.2. The van der Waals surface area contributed by atoms with Gasteiger partial charge in [-0.25, -0.2) is 0 Å². The highest BCUT2D eigenvalue weighted by Crippen LogP contribution is 2.30. The second-order valence-corrected chi connectivity index (χ2v) is 7.56. The zero-order valence-corrected chi connectivity index (χ0v) is 16.1. The molecule has 0 saturated carbocycles. The summed E-state index contributed by atoms with van der Waals surface area (Å²) in [6.07, 6.45) is 18.2. The van der Waals surface area contributed by atoms with E-state index in [2.05, 4.69) is 12.1 Å². The van der Waals surface area contributed by atoms with Crippen molar-refractivity contribution in [2.45, 2.75) is 4.90 Å². The summed E-state index contributed by atoms with van der Waals surface area (Å²) >= 11 is 0. The van der Waals surface area contributed by atoms with Gasteiger partial charge >= 0.3 is 0 Å². The van der Waals surface area contributed by atoms with E-state index in [0.717, 1.165) is 22.3 Å². The predicted molar refractivity (Wildman–Crippen MR) is 114 cm³/mol. The highest BCUT2D eigenvalue weighted by molar-refractivity contribution is 7.85. The van der Waals surface area contributed by atoms with Gasteiger partial charge in [0.2, 0.25) is 17.8 Å². The SMILES string of the molecule is C#C[N+](C#C)=C1C=CC(=C(c2ccc(N)cc2)c2ccc(S(=O)(=O)O)cc2)C=C1. The molecule has 6 heteroatoms. The second-order valence-electron chi connectivity index (χ2n) is 6.14. The molecule has 29 heavy (non-hydrogen) atoms. The van der Waals surface area contributed by atoms with Crippen LogP contribution in [0.15, 0.2) is 83.3 Å². The monoisotopic (exact) mass is 401 g/mol. The molecule has 0 amide bonds. The molecule has 0 aromatic heterocycles. The predicted octanol–water partition coefficient (Wildman–Crippen LogP) is 3.08. The molecular weight excluding hydrogens is 384 g/mol. The molecule has 0 bridgehead atoms. The van der Waals surface area contributed by atoms with Gasteiger partial charge in [0, 0.05) is 17.8 Å². The average molecular weight is 401 g/mol. The third-order valence-electron chi connectivity index (χ3n) is 4.31. The van der Waals surface area contributed by atoms with Crippen molar-refractivity contribution in [1.82, 2.24) is 0 Å². The van der Waals surface area contributed by atoms with E-state index < -0.39 is 10.1 Å². The molecule has 1 aliphatic rings. The van der Waals surface area contributed by atoms with Crippen LogP contribution in [0.4, 0.5) is 5.69 Å². The van der Waals surface area contributed by atoms with Crippen LogP contribution in [-0.4, -0.2) is 23.3 Å². The minimum atomic E-state index is -4.27. The lowest BCUT2D eigenvalue weighted by Gasteiger charge is -2.14. The van der Waals surface area contributed by atoms with E-state index >= 15 is 0 Å². The molecule has 0 unspecified atom stereocenters. The normalized spacial score (nSPS) is 12.9. The number of anilines is 1. The first kappa shape index (κ1) is 19.9. The first-order chi connectivity index (χ1) is 13.8. The maximum Gasteiger partial charge on any atom is 0.294 e. The van der Waals surface area contributed by atoms with Crippen LogP contribution in [0, 0.1) is 24.9 Å². The zero-order valence-electron chi connectivity index (χ0n) is 15.3. The van der Waals surface area contributed by atoms with Crippen LogP contribution in [0.5, 0.6) is 0 Å². The number of terminal acetylenes is 2. The Kier molecular flexibility index (Phi) is 5.52. The summed E-state index contributed by atoms with van der Waals surface area (Å²) in [4.78, 5) is -0.174. The van der Waals surface area contributed by atoms with Crippen LogP contribution in [0.2, 0.25) is 0 Å². The fourth-order valence-corrected chi connectivity index (χ4v) is 3.39. The standard InChI is InChI=1S/C23H16N2O3S/c1-3-25(4-2)21-13-7-18(8-14-21)23(17-5-11-20(24)12-6-17)19-9-15-22(16-10-19)29(26,27)28/h1-2,5-16,24H,(H,26,27,28)/p+1. The van der Waals surface area contributed by atoms with Crippen LogP contribution in [0.25, 0.3) is 5.57 Å². The number of nitrogens with two attached hydrogens (primary N) is 1. The van der Waals surface area contributed by atoms with Crippen molar-refractivity contribution in [2.24, 2.45) is 0 Å². The zero-order chi connectivity index (χ0) is 21.0. The van der Waals surface area contributed by atoms with E-state index in [0.29, 0.717) is 11.4 Å². The molecule has 3 rings (SSSR count). The van der Waals surface area contributed by atoms with Gasteiger partial charge in [-0.3, -0.25) is 4.55 Å². The highest BCUT2D eigenvalue weighted by Gasteiger charge is 2.16. The number of hydrogen-bond donors (Lipinski definition) is 2. The number of nitrogens with zero attached hydrogens (tertiary/aromatic N) is 1. The quantitative estimate of drug-likeness (QED) is 0.272. The molecule has 3 N–H and O–H groups in total. The summed E-state index contributed by atoms with van der Waals surface area (Å²) in [5.74, 6) is 0. The van der Waals surface area contributed by atoms with Gasteiger partial charge in [-0.05, 0) is 71.5 Å². The second kappa shape index (κ2) is 8.04. The summed E-state index contributed by atoms with van der Waals surface area (Å²) in [6, 6.07) is 18.1. The minimum absolute atomic E-state index is 0.174. The van der Waals surface area contributed by atoms with Crippen LogP contribution in [0.1, 0.15) is 11.1 Å². The van der Waals surface area contributed by atoms with Crippen LogP contribution >= 0.6 is 0 Å². The van der Waals surface area contributed by atoms with Gasteiger partial charge in [0.25, 0.3) is 10.1 Å². The lowest BCUT2D eigenvalue weighted by molar-refractivity contribution is -0.327. The molecule has 0 fully saturated rings. The Morgan fingerprint density at radius 1 is 0.862 bits per heavy atom. The summed E-state index contributed by atoms with van der Waals surface area (Å²) in [7, 11) is -4.27. The molecule has 0 spiro atoms. The van der Waals surface area contributed by atoms with Crippen molar-refractivity contribution >= 4 is 27.1 Å². The molecule has 0 saturated heterocycles. The Balaban J connectivity index is 2.17. The maximum absolute atomic E-state index is 11.3. The molecule has 2 aromatic rings. The van der Waals surface area contributed by atoms with E-state index in [-0.39, 0.29) is 4.90 Å². The third kappa shape index (κ3) is 4.36. The first-order valence-electron chi connectivity index (χ1n) is 8.47. The van der Waals surface area contributed by atoms with Crippen molar-refractivity contribution in [3.63, 3.8) is 0 Å². The smallest absolute Gasteiger partial charge is 0.294 e. The van der Waals surface area contributed by atoms with E-state index in [1.807, 2.05) is 24.3 Å². The van der Waals surface area contributed by atoms with Gasteiger partial charge in [-0.15, -0.1) is 0 Å². The molecule has 0 atom stereocenters. The van der Waals surface area contributed by atoms with E-state index in [1.165, 1.54) is 16.7 Å². The molecule has 0 aliphatic heterocycles. The Morgan fingerprint density at radius 2 is 1.34 bits per heavy atom. The number of rotatable bonds is 3. The summed E-state index contributed by atoms with van der Waals surface area (Å²) in [6.45, 7) is 0. The molecular formula is C23H17N2O3S+. The van der Waals surface area contributed by atoms with E-state index in [9.17, 15) is 13.0 Å². The fraction of sp³-hybridized carbons (Fsp3) is 0. The van der Waals surface area contributed by atoms with Crippen molar-refractivity contribution in [3.05, 3.63) is 89.5 Å². The van der Waals surface area contributed by atoms with Crippen molar-refractivity contribution in [1.29, 1.82) is 0 Å². The topological polar surface area (TPSA) is 83.4 Å². The summed E-state index contributed by atoms with van der Waals surface area (Å²) in [5.41, 5.74) is 10.5. The molecule has 2 aromatic carbocycles. The average Bonchev–Trinajstić information content (AvgIpc) is 2.71. The first-order valence-corrected chi connectivity index (χ1v) is 9.91. The van der Waals surface area contributed by atoms with Crippen molar-refractivity contribution in [2.75, 3.05) is 5.73 Å². The van der Waals surface area contributed by atoms with E-state index in [1.54, 1.807) is 36.4 Å². The molecule has 0 radical (unpaired) electrons. The van der Waals surface area contributed by atoms with Crippen LogP contribution in [-0.2, 0) is 10.1 Å². The number of allylic oxidation sites excluding steroid dienone is 5. The molecule has 0 heterocycles. The third-order valence-corrected chi connectivity index (χ3v) is 5.18. The number of nitrogen functional groups attached to an aromatic ring is 1. The Bertz CT molecular complexity index is 1230.